The minimum absolute atomic E-state index is 0.497. The molecule has 4 heteroatoms. The summed E-state index contributed by atoms with van der Waals surface area (Å²) in [4.78, 5) is 7.30. The highest BCUT2D eigenvalue weighted by atomic mass is 32.1. The van der Waals surface area contributed by atoms with Crippen molar-refractivity contribution in [2.45, 2.75) is 32.7 Å². The van der Waals surface area contributed by atoms with Crippen LogP contribution in [0.4, 0.5) is 0 Å². The summed E-state index contributed by atoms with van der Waals surface area (Å²) in [7, 11) is 0. The van der Waals surface area contributed by atoms with E-state index in [0.717, 1.165) is 5.01 Å². The molecule has 3 nitrogen and oxygen atoms in total. The minimum atomic E-state index is 0.497. The van der Waals surface area contributed by atoms with Gasteiger partial charge in [0.15, 0.2) is 0 Å². The maximum Gasteiger partial charge on any atom is 0.0907 e. The molecule has 0 bridgehead atoms. The summed E-state index contributed by atoms with van der Waals surface area (Å²) >= 11 is 1.79. The number of hydrogen-bond donors (Lipinski definition) is 1. The number of benzene rings is 1. The van der Waals surface area contributed by atoms with Gasteiger partial charge in [-0.3, -0.25) is 4.90 Å². The van der Waals surface area contributed by atoms with Crippen molar-refractivity contribution in [2.24, 2.45) is 5.41 Å². The standard InChI is InChI=1S/C17H23N3S/c1-12(20-8-6-17(11-20)5-7-18-10-17)14-3-4-16-15(9-14)19-13(2)21-16/h3-4,9,12,18H,5-8,10-11H2,1-2H3. The van der Waals surface area contributed by atoms with E-state index in [-0.39, 0.29) is 0 Å². The van der Waals surface area contributed by atoms with Crippen LogP contribution in [0.15, 0.2) is 18.2 Å². The molecule has 1 aromatic carbocycles. The average molecular weight is 301 g/mol. The third-order valence-corrected chi connectivity index (χ3v) is 6.30. The number of fused-ring (bicyclic) bond motifs is 1. The van der Waals surface area contributed by atoms with Crippen LogP contribution in [0.2, 0.25) is 0 Å². The fraction of sp³-hybridized carbons (Fsp3) is 0.588. The molecule has 2 unspecified atom stereocenters. The summed E-state index contributed by atoms with van der Waals surface area (Å²) in [5.41, 5.74) is 3.13. The van der Waals surface area contributed by atoms with Gasteiger partial charge in [-0.25, -0.2) is 4.98 Å². The van der Waals surface area contributed by atoms with Gasteiger partial charge in [-0.2, -0.15) is 0 Å². The van der Waals surface area contributed by atoms with E-state index in [4.69, 9.17) is 0 Å². The van der Waals surface area contributed by atoms with Gasteiger partial charge in [-0.1, -0.05) is 6.07 Å². The molecular formula is C17H23N3S. The molecule has 2 atom stereocenters. The van der Waals surface area contributed by atoms with Crippen molar-refractivity contribution >= 4 is 21.6 Å². The molecule has 0 aliphatic carbocycles. The molecule has 21 heavy (non-hydrogen) atoms. The first-order valence-electron chi connectivity index (χ1n) is 7.97. The zero-order chi connectivity index (χ0) is 14.4. The molecule has 2 fully saturated rings. The van der Waals surface area contributed by atoms with E-state index in [2.05, 4.69) is 47.2 Å². The first kappa shape index (κ1) is 13.7. The van der Waals surface area contributed by atoms with Crippen LogP contribution in [0.1, 0.15) is 36.4 Å². The quantitative estimate of drug-likeness (QED) is 0.922. The lowest BCUT2D eigenvalue weighted by atomic mass is 9.86. The second-order valence-electron chi connectivity index (χ2n) is 6.78. The number of likely N-dealkylation sites (tertiary alicyclic amines) is 1. The Morgan fingerprint density at radius 2 is 2.29 bits per heavy atom. The summed E-state index contributed by atoms with van der Waals surface area (Å²) in [5.74, 6) is 0. The van der Waals surface area contributed by atoms with Gasteiger partial charge in [-0.05, 0) is 62.9 Å². The second kappa shape index (κ2) is 5.04. The lowest BCUT2D eigenvalue weighted by molar-refractivity contribution is 0.224. The second-order valence-corrected chi connectivity index (χ2v) is 8.02. The van der Waals surface area contributed by atoms with Crippen LogP contribution in [0.3, 0.4) is 0 Å². The molecule has 0 saturated carbocycles. The van der Waals surface area contributed by atoms with Gasteiger partial charge in [0.25, 0.3) is 0 Å². The van der Waals surface area contributed by atoms with Gasteiger partial charge in [0, 0.05) is 19.1 Å². The van der Waals surface area contributed by atoms with Crippen molar-refractivity contribution in [1.29, 1.82) is 0 Å². The molecule has 0 amide bonds. The van der Waals surface area contributed by atoms with Crippen LogP contribution in [-0.4, -0.2) is 36.1 Å². The van der Waals surface area contributed by atoms with Gasteiger partial charge in [0.05, 0.1) is 15.2 Å². The number of nitrogens with zero attached hydrogens (tertiary/aromatic N) is 2. The molecule has 1 spiro atoms. The van der Waals surface area contributed by atoms with E-state index in [1.165, 1.54) is 54.8 Å². The minimum Gasteiger partial charge on any atom is -0.316 e. The van der Waals surface area contributed by atoms with Crippen molar-refractivity contribution in [2.75, 3.05) is 26.2 Å². The Balaban J connectivity index is 1.57. The van der Waals surface area contributed by atoms with Gasteiger partial charge in [0.1, 0.15) is 0 Å². The monoisotopic (exact) mass is 301 g/mol. The van der Waals surface area contributed by atoms with Crippen LogP contribution >= 0.6 is 11.3 Å². The number of aryl methyl sites for hydroxylation is 1. The Morgan fingerprint density at radius 1 is 1.38 bits per heavy atom. The van der Waals surface area contributed by atoms with Gasteiger partial charge in [0.2, 0.25) is 0 Å². The first-order valence-corrected chi connectivity index (χ1v) is 8.79. The average Bonchev–Trinajstić information content (AvgIpc) is 3.18. The fourth-order valence-corrected chi connectivity index (χ4v) is 4.78. The van der Waals surface area contributed by atoms with Crippen LogP contribution in [0.5, 0.6) is 0 Å². The highest BCUT2D eigenvalue weighted by Crippen LogP contribution is 2.40. The fourth-order valence-electron chi connectivity index (χ4n) is 3.97. The Hall–Kier alpha value is -0.970. The van der Waals surface area contributed by atoms with Crippen molar-refractivity contribution < 1.29 is 0 Å². The smallest absolute Gasteiger partial charge is 0.0907 e. The van der Waals surface area contributed by atoms with Crippen molar-refractivity contribution in [3.63, 3.8) is 0 Å². The predicted octanol–water partition coefficient (Wildman–Crippen LogP) is 3.35. The zero-order valence-corrected chi connectivity index (χ0v) is 13.7. The topological polar surface area (TPSA) is 28.2 Å². The number of thiazole rings is 1. The SMILES string of the molecule is Cc1nc2cc(C(C)N3CCC4(CCNC4)C3)ccc2s1. The third kappa shape index (κ3) is 2.39. The number of hydrogen-bond acceptors (Lipinski definition) is 4. The molecule has 3 heterocycles. The van der Waals surface area contributed by atoms with Crippen LogP contribution < -0.4 is 5.32 Å². The van der Waals surface area contributed by atoms with Crippen LogP contribution in [0, 0.1) is 12.3 Å². The summed E-state index contributed by atoms with van der Waals surface area (Å²) in [6, 6.07) is 7.33. The van der Waals surface area contributed by atoms with Crippen LogP contribution in [0.25, 0.3) is 10.2 Å². The van der Waals surface area contributed by atoms with Gasteiger partial charge < -0.3 is 5.32 Å². The molecular weight excluding hydrogens is 278 g/mol. The van der Waals surface area contributed by atoms with E-state index < -0.39 is 0 Å². The van der Waals surface area contributed by atoms with Gasteiger partial charge >= 0.3 is 0 Å². The maximum atomic E-state index is 4.64. The summed E-state index contributed by atoms with van der Waals surface area (Å²) < 4.78 is 1.31. The molecule has 1 aromatic heterocycles. The summed E-state index contributed by atoms with van der Waals surface area (Å²) in [6.45, 7) is 9.33. The van der Waals surface area contributed by atoms with E-state index in [9.17, 15) is 0 Å². The highest BCUT2D eigenvalue weighted by Gasteiger charge is 2.41. The maximum absolute atomic E-state index is 4.64. The van der Waals surface area contributed by atoms with Crippen molar-refractivity contribution in [3.05, 3.63) is 28.8 Å². The first-order chi connectivity index (χ1) is 10.2. The molecule has 1 N–H and O–H groups in total. The lowest BCUT2D eigenvalue weighted by Crippen LogP contribution is -2.30. The molecule has 4 rings (SSSR count). The van der Waals surface area contributed by atoms with E-state index in [1.54, 1.807) is 11.3 Å². The lowest BCUT2D eigenvalue weighted by Gasteiger charge is -2.27. The number of aromatic nitrogens is 1. The molecule has 2 aliphatic heterocycles. The molecule has 2 aromatic rings. The molecule has 112 valence electrons. The van der Waals surface area contributed by atoms with Crippen LogP contribution in [-0.2, 0) is 0 Å². The normalized spacial score (nSPS) is 27.9. The summed E-state index contributed by atoms with van der Waals surface area (Å²) in [6.07, 6.45) is 2.70. The number of rotatable bonds is 2. The van der Waals surface area contributed by atoms with Crippen molar-refractivity contribution in [1.82, 2.24) is 15.2 Å². The van der Waals surface area contributed by atoms with Gasteiger partial charge in [-0.15, -0.1) is 11.3 Å². The van der Waals surface area contributed by atoms with E-state index in [0.29, 0.717) is 11.5 Å². The highest BCUT2D eigenvalue weighted by molar-refractivity contribution is 7.18. The Morgan fingerprint density at radius 3 is 3.10 bits per heavy atom. The Bertz CT molecular complexity index is 657. The van der Waals surface area contributed by atoms with Crippen molar-refractivity contribution in [3.8, 4) is 0 Å². The Labute approximate surface area is 130 Å². The summed E-state index contributed by atoms with van der Waals surface area (Å²) in [5, 5.41) is 4.71. The largest absolute Gasteiger partial charge is 0.316 e. The number of nitrogens with one attached hydrogen (secondary N) is 1. The predicted molar refractivity (Wildman–Crippen MR) is 88.9 cm³/mol. The molecule has 0 radical (unpaired) electrons. The van der Waals surface area contributed by atoms with E-state index in [1.807, 2.05) is 0 Å². The third-order valence-electron chi connectivity index (χ3n) is 5.35. The zero-order valence-electron chi connectivity index (χ0n) is 12.9. The Kier molecular flexibility index (Phi) is 3.28. The van der Waals surface area contributed by atoms with E-state index >= 15 is 0 Å². The molecule has 2 aliphatic rings. The molecule has 2 saturated heterocycles.